The Morgan fingerprint density at radius 2 is 2.00 bits per heavy atom. The van der Waals surface area contributed by atoms with E-state index in [4.69, 9.17) is 26.8 Å². The number of para-hydroxylation sites is 1. The van der Waals surface area contributed by atoms with Gasteiger partial charge in [-0.15, -0.1) is 0 Å². The van der Waals surface area contributed by atoms with Crippen LogP contribution in [0.1, 0.15) is 11.1 Å². The van der Waals surface area contributed by atoms with Crippen LogP contribution < -0.4 is 15.2 Å². The third-order valence-corrected chi connectivity index (χ3v) is 3.31. The lowest BCUT2D eigenvalue weighted by Gasteiger charge is -2.14. The molecule has 0 fully saturated rings. The maximum atomic E-state index is 13.9. The molecular weight excluding hydrogens is 293 g/mol. The fourth-order valence-corrected chi connectivity index (χ4v) is 2.27. The number of rotatable bonds is 6. The highest BCUT2D eigenvalue weighted by Crippen LogP contribution is 2.27. The molecule has 0 radical (unpaired) electrons. The van der Waals surface area contributed by atoms with Gasteiger partial charge < -0.3 is 15.2 Å². The standard InChI is InChI=1S/C16H17ClFNO2/c1-20-15-6-5-13(17)9-12(15)10-21-16-11(7-8-19)3-2-4-14(16)18/h2-6,9H,7-8,10,19H2,1H3. The molecular formula is C16H17ClFNO2. The molecule has 0 aromatic heterocycles. The quantitative estimate of drug-likeness (QED) is 0.887. The number of methoxy groups -OCH3 is 1. The molecule has 112 valence electrons. The van der Waals surface area contributed by atoms with Crippen molar-refractivity contribution in [3.63, 3.8) is 0 Å². The minimum Gasteiger partial charge on any atom is -0.496 e. The average molecular weight is 310 g/mol. The van der Waals surface area contributed by atoms with Gasteiger partial charge in [0.25, 0.3) is 0 Å². The van der Waals surface area contributed by atoms with Gasteiger partial charge in [0.15, 0.2) is 11.6 Å². The van der Waals surface area contributed by atoms with Crippen LogP contribution in [-0.4, -0.2) is 13.7 Å². The van der Waals surface area contributed by atoms with E-state index in [1.165, 1.54) is 6.07 Å². The lowest BCUT2D eigenvalue weighted by molar-refractivity contribution is 0.279. The first-order chi connectivity index (χ1) is 10.2. The molecule has 21 heavy (non-hydrogen) atoms. The first-order valence-corrected chi connectivity index (χ1v) is 6.96. The van der Waals surface area contributed by atoms with Crippen molar-refractivity contribution in [3.05, 3.63) is 58.4 Å². The van der Waals surface area contributed by atoms with E-state index >= 15 is 0 Å². The fraction of sp³-hybridized carbons (Fsp3) is 0.250. The number of halogens is 2. The van der Waals surface area contributed by atoms with Crippen LogP contribution in [0.25, 0.3) is 0 Å². The summed E-state index contributed by atoms with van der Waals surface area (Å²) in [5.41, 5.74) is 7.04. The second kappa shape index (κ2) is 7.29. The zero-order valence-corrected chi connectivity index (χ0v) is 12.5. The average Bonchev–Trinajstić information content (AvgIpc) is 2.47. The van der Waals surface area contributed by atoms with Crippen LogP contribution in [-0.2, 0) is 13.0 Å². The van der Waals surface area contributed by atoms with Crippen LogP contribution >= 0.6 is 11.6 Å². The van der Waals surface area contributed by atoms with Gasteiger partial charge >= 0.3 is 0 Å². The highest BCUT2D eigenvalue weighted by molar-refractivity contribution is 6.30. The Morgan fingerprint density at radius 1 is 1.19 bits per heavy atom. The van der Waals surface area contributed by atoms with Gasteiger partial charge in [-0.1, -0.05) is 23.7 Å². The van der Waals surface area contributed by atoms with E-state index in [0.29, 0.717) is 23.7 Å². The predicted octanol–water partition coefficient (Wildman–Crippen LogP) is 3.57. The molecule has 0 bridgehead atoms. The monoisotopic (exact) mass is 309 g/mol. The Hall–Kier alpha value is -1.78. The van der Waals surface area contributed by atoms with Crippen LogP contribution in [0.5, 0.6) is 11.5 Å². The first-order valence-electron chi connectivity index (χ1n) is 6.58. The lowest BCUT2D eigenvalue weighted by Crippen LogP contribution is -2.07. The summed E-state index contributed by atoms with van der Waals surface area (Å²) >= 11 is 5.97. The molecule has 0 atom stereocenters. The summed E-state index contributed by atoms with van der Waals surface area (Å²) in [6, 6.07) is 10.0. The van der Waals surface area contributed by atoms with Crippen molar-refractivity contribution in [3.8, 4) is 11.5 Å². The first kappa shape index (κ1) is 15.6. The number of benzene rings is 2. The third kappa shape index (κ3) is 3.86. The van der Waals surface area contributed by atoms with Crippen LogP contribution in [0, 0.1) is 5.82 Å². The number of ether oxygens (including phenoxy) is 2. The van der Waals surface area contributed by atoms with E-state index in [2.05, 4.69) is 0 Å². The summed E-state index contributed by atoms with van der Waals surface area (Å²) in [7, 11) is 1.57. The molecule has 2 aromatic rings. The van der Waals surface area contributed by atoms with E-state index in [1.54, 1.807) is 37.4 Å². The Labute approximate surface area is 128 Å². The van der Waals surface area contributed by atoms with Gasteiger partial charge in [-0.2, -0.15) is 0 Å². The van der Waals surface area contributed by atoms with Crippen LogP contribution in [0.2, 0.25) is 5.02 Å². The zero-order chi connectivity index (χ0) is 15.2. The van der Waals surface area contributed by atoms with Crippen molar-refractivity contribution in [1.29, 1.82) is 0 Å². The molecule has 2 N–H and O–H groups in total. The maximum Gasteiger partial charge on any atom is 0.165 e. The molecule has 3 nitrogen and oxygen atoms in total. The van der Waals surface area contributed by atoms with Gasteiger partial charge in [0.2, 0.25) is 0 Å². The molecule has 0 aliphatic rings. The molecule has 5 heteroatoms. The van der Waals surface area contributed by atoms with Gasteiger partial charge in [0.1, 0.15) is 12.4 Å². The molecule has 0 aliphatic heterocycles. The molecule has 0 saturated heterocycles. The summed E-state index contributed by atoms with van der Waals surface area (Å²) in [5, 5.41) is 0.574. The number of hydrogen-bond donors (Lipinski definition) is 1. The summed E-state index contributed by atoms with van der Waals surface area (Å²) in [6.07, 6.45) is 0.555. The van der Waals surface area contributed by atoms with E-state index in [-0.39, 0.29) is 12.4 Å². The second-order valence-electron chi connectivity index (χ2n) is 4.51. The largest absolute Gasteiger partial charge is 0.496 e. The topological polar surface area (TPSA) is 44.5 Å². The van der Waals surface area contributed by atoms with Gasteiger partial charge in [0, 0.05) is 10.6 Å². The molecule has 0 aliphatic carbocycles. The van der Waals surface area contributed by atoms with E-state index in [1.807, 2.05) is 0 Å². The fourth-order valence-electron chi connectivity index (χ4n) is 2.08. The van der Waals surface area contributed by atoms with Crippen LogP contribution in [0.4, 0.5) is 4.39 Å². The Balaban J connectivity index is 2.22. The van der Waals surface area contributed by atoms with Crippen molar-refractivity contribution in [2.75, 3.05) is 13.7 Å². The summed E-state index contributed by atoms with van der Waals surface area (Å²) in [5.74, 6) is 0.475. The molecule has 0 unspecified atom stereocenters. The number of hydrogen-bond acceptors (Lipinski definition) is 3. The Kier molecular flexibility index (Phi) is 5.42. The van der Waals surface area contributed by atoms with Crippen molar-refractivity contribution in [2.45, 2.75) is 13.0 Å². The Morgan fingerprint density at radius 3 is 2.71 bits per heavy atom. The number of nitrogens with two attached hydrogens (primary N) is 1. The summed E-state index contributed by atoms with van der Waals surface area (Å²) < 4.78 is 24.8. The van der Waals surface area contributed by atoms with Crippen molar-refractivity contribution < 1.29 is 13.9 Å². The van der Waals surface area contributed by atoms with E-state index in [9.17, 15) is 4.39 Å². The normalized spacial score (nSPS) is 10.5. The van der Waals surface area contributed by atoms with Crippen molar-refractivity contribution in [1.82, 2.24) is 0 Å². The van der Waals surface area contributed by atoms with Crippen molar-refractivity contribution in [2.24, 2.45) is 5.73 Å². The van der Waals surface area contributed by atoms with Gasteiger partial charge in [0.05, 0.1) is 7.11 Å². The summed E-state index contributed by atoms with van der Waals surface area (Å²) in [6.45, 7) is 0.600. The molecule has 0 heterocycles. The zero-order valence-electron chi connectivity index (χ0n) is 11.7. The SMILES string of the molecule is COc1ccc(Cl)cc1COc1c(F)cccc1CCN. The van der Waals surface area contributed by atoms with Gasteiger partial charge in [-0.05, 0) is 42.8 Å². The van der Waals surface area contributed by atoms with E-state index in [0.717, 1.165) is 11.1 Å². The molecule has 0 amide bonds. The molecule has 0 saturated carbocycles. The minimum atomic E-state index is -0.401. The third-order valence-electron chi connectivity index (χ3n) is 3.08. The minimum absolute atomic E-state index is 0.169. The molecule has 0 spiro atoms. The Bertz CT molecular complexity index is 619. The maximum absolute atomic E-state index is 13.9. The van der Waals surface area contributed by atoms with Crippen molar-refractivity contribution >= 4 is 11.6 Å². The highest BCUT2D eigenvalue weighted by Gasteiger charge is 2.11. The summed E-state index contributed by atoms with van der Waals surface area (Å²) in [4.78, 5) is 0. The van der Waals surface area contributed by atoms with Crippen LogP contribution in [0.3, 0.4) is 0 Å². The molecule has 2 aromatic carbocycles. The van der Waals surface area contributed by atoms with Gasteiger partial charge in [-0.25, -0.2) is 4.39 Å². The highest BCUT2D eigenvalue weighted by atomic mass is 35.5. The smallest absolute Gasteiger partial charge is 0.165 e. The predicted molar refractivity (Wildman–Crippen MR) is 81.5 cm³/mol. The van der Waals surface area contributed by atoms with Crippen LogP contribution in [0.15, 0.2) is 36.4 Å². The van der Waals surface area contributed by atoms with Gasteiger partial charge in [-0.3, -0.25) is 0 Å². The molecule has 2 rings (SSSR count). The second-order valence-corrected chi connectivity index (χ2v) is 4.95. The van der Waals surface area contributed by atoms with E-state index < -0.39 is 5.82 Å². The lowest BCUT2D eigenvalue weighted by atomic mass is 10.1.